The van der Waals surface area contributed by atoms with Crippen LogP contribution in [0.25, 0.3) is 0 Å². The third kappa shape index (κ3) is 4.25. The van der Waals surface area contributed by atoms with Crippen LogP contribution in [0.4, 0.5) is 10.1 Å². The van der Waals surface area contributed by atoms with Crippen LogP contribution >= 0.6 is 0 Å². The summed E-state index contributed by atoms with van der Waals surface area (Å²) >= 11 is 0. The van der Waals surface area contributed by atoms with Gasteiger partial charge in [-0.05, 0) is 31.9 Å². The van der Waals surface area contributed by atoms with Crippen molar-refractivity contribution < 1.29 is 9.13 Å². The largest absolute Gasteiger partial charge is 0.492 e. The normalized spacial score (nSPS) is 12.2. The molecule has 0 spiro atoms. The van der Waals surface area contributed by atoms with E-state index in [0.29, 0.717) is 18.4 Å². The molecule has 0 aliphatic carbocycles. The van der Waals surface area contributed by atoms with Gasteiger partial charge in [0.05, 0.1) is 12.3 Å². The van der Waals surface area contributed by atoms with E-state index in [0.717, 1.165) is 24.9 Å². The molecule has 0 fully saturated rings. The van der Waals surface area contributed by atoms with Gasteiger partial charge in [0.25, 0.3) is 0 Å². The van der Waals surface area contributed by atoms with Gasteiger partial charge in [0, 0.05) is 12.1 Å². The first-order chi connectivity index (χ1) is 8.21. The van der Waals surface area contributed by atoms with E-state index in [1.54, 1.807) is 6.07 Å². The zero-order valence-corrected chi connectivity index (χ0v) is 10.9. The highest BCUT2D eigenvalue weighted by Gasteiger charge is 2.09. The molecule has 17 heavy (non-hydrogen) atoms. The number of rotatable bonds is 7. The molecule has 0 bridgehead atoms. The molecule has 0 radical (unpaired) electrons. The molecule has 2 nitrogen and oxygen atoms in total. The van der Waals surface area contributed by atoms with Crippen LogP contribution in [0.5, 0.6) is 5.75 Å². The Morgan fingerprint density at radius 1 is 1.29 bits per heavy atom. The van der Waals surface area contributed by atoms with Gasteiger partial charge in [0.1, 0.15) is 11.6 Å². The van der Waals surface area contributed by atoms with Crippen molar-refractivity contribution >= 4 is 5.69 Å². The minimum Gasteiger partial charge on any atom is -0.492 e. The van der Waals surface area contributed by atoms with Gasteiger partial charge in [-0.1, -0.05) is 20.3 Å². The molecule has 1 aromatic rings. The zero-order valence-electron chi connectivity index (χ0n) is 10.9. The van der Waals surface area contributed by atoms with Gasteiger partial charge in [-0.15, -0.1) is 0 Å². The first-order valence-electron chi connectivity index (χ1n) is 6.40. The Balaban J connectivity index is 2.80. The second-order valence-electron chi connectivity index (χ2n) is 4.11. The predicted octanol–water partition coefficient (Wildman–Crippen LogP) is 4.22. The second-order valence-corrected chi connectivity index (χ2v) is 4.11. The summed E-state index contributed by atoms with van der Waals surface area (Å²) in [6, 6.07) is 5.07. The third-order valence-corrected chi connectivity index (χ3v) is 2.73. The zero-order chi connectivity index (χ0) is 12.7. The van der Waals surface area contributed by atoms with Crippen molar-refractivity contribution in [3.8, 4) is 5.75 Å². The Bertz CT molecular complexity index is 341. The monoisotopic (exact) mass is 239 g/mol. The maximum atomic E-state index is 13.1. The van der Waals surface area contributed by atoms with Crippen LogP contribution in [0.2, 0.25) is 0 Å². The molecule has 1 N–H and O–H groups in total. The molecule has 0 aliphatic rings. The number of ether oxygens (including phenoxy) is 1. The van der Waals surface area contributed by atoms with E-state index >= 15 is 0 Å². The van der Waals surface area contributed by atoms with Gasteiger partial charge in [-0.2, -0.15) is 0 Å². The van der Waals surface area contributed by atoms with Crippen LogP contribution in [0.15, 0.2) is 18.2 Å². The van der Waals surface area contributed by atoms with Crippen molar-refractivity contribution in [2.24, 2.45) is 0 Å². The number of benzene rings is 1. The van der Waals surface area contributed by atoms with E-state index < -0.39 is 0 Å². The standard InChI is InChI=1S/C14H22FNO/c1-4-7-12(5-2)16-13-9-8-11(15)10-14(13)17-6-3/h8-10,12,16H,4-7H2,1-3H3. The van der Waals surface area contributed by atoms with E-state index in [9.17, 15) is 4.39 Å². The molecule has 0 saturated heterocycles. The number of halogens is 1. The summed E-state index contributed by atoms with van der Waals surface area (Å²) in [5, 5.41) is 3.42. The van der Waals surface area contributed by atoms with Crippen LogP contribution in [0.3, 0.4) is 0 Å². The Labute approximate surface area is 103 Å². The van der Waals surface area contributed by atoms with Crippen molar-refractivity contribution in [2.75, 3.05) is 11.9 Å². The van der Waals surface area contributed by atoms with E-state index in [-0.39, 0.29) is 5.82 Å². The number of nitrogens with one attached hydrogen (secondary N) is 1. The highest BCUT2D eigenvalue weighted by Crippen LogP contribution is 2.27. The van der Waals surface area contributed by atoms with Gasteiger partial charge < -0.3 is 10.1 Å². The van der Waals surface area contributed by atoms with E-state index in [1.165, 1.54) is 12.1 Å². The van der Waals surface area contributed by atoms with Crippen LogP contribution < -0.4 is 10.1 Å². The molecule has 1 atom stereocenters. The van der Waals surface area contributed by atoms with Crippen LogP contribution in [-0.4, -0.2) is 12.6 Å². The van der Waals surface area contributed by atoms with Crippen LogP contribution in [0.1, 0.15) is 40.0 Å². The summed E-state index contributed by atoms with van der Waals surface area (Å²) in [5.41, 5.74) is 0.883. The Kier molecular flexibility index (Phi) is 5.81. The van der Waals surface area contributed by atoms with Gasteiger partial charge in [-0.25, -0.2) is 4.39 Å². The van der Waals surface area contributed by atoms with Crippen molar-refractivity contribution in [3.63, 3.8) is 0 Å². The SMILES string of the molecule is CCCC(CC)Nc1ccc(F)cc1OCC. The second kappa shape index (κ2) is 7.15. The van der Waals surface area contributed by atoms with E-state index in [2.05, 4.69) is 19.2 Å². The number of hydrogen-bond acceptors (Lipinski definition) is 2. The first-order valence-corrected chi connectivity index (χ1v) is 6.40. The minimum atomic E-state index is -0.262. The first kappa shape index (κ1) is 13.8. The minimum absolute atomic E-state index is 0.262. The van der Waals surface area contributed by atoms with Crippen molar-refractivity contribution in [1.29, 1.82) is 0 Å². The Morgan fingerprint density at radius 3 is 2.65 bits per heavy atom. The topological polar surface area (TPSA) is 21.3 Å². The summed E-state index contributed by atoms with van der Waals surface area (Å²) in [4.78, 5) is 0. The molecule has 1 unspecified atom stereocenters. The van der Waals surface area contributed by atoms with Crippen molar-refractivity contribution in [1.82, 2.24) is 0 Å². The summed E-state index contributed by atoms with van der Waals surface area (Å²) < 4.78 is 18.6. The summed E-state index contributed by atoms with van der Waals surface area (Å²) in [6.07, 6.45) is 3.30. The average molecular weight is 239 g/mol. The molecule has 0 aromatic heterocycles. The molecule has 0 saturated carbocycles. The maximum Gasteiger partial charge on any atom is 0.145 e. The van der Waals surface area contributed by atoms with Crippen molar-refractivity contribution in [3.05, 3.63) is 24.0 Å². The lowest BCUT2D eigenvalue weighted by molar-refractivity contribution is 0.339. The smallest absolute Gasteiger partial charge is 0.145 e. The Morgan fingerprint density at radius 2 is 2.06 bits per heavy atom. The quantitative estimate of drug-likeness (QED) is 0.769. The predicted molar refractivity (Wildman–Crippen MR) is 70.2 cm³/mol. The Hall–Kier alpha value is -1.25. The lowest BCUT2D eigenvalue weighted by Gasteiger charge is -2.19. The highest BCUT2D eigenvalue weighted by molar-refractivity contribution is 5.57. The molecular weight excluding hydrogens is 217 g/mol. The van der Waals surface area contributed by atoms with E-state index in [4.69, 9.17) is 4.74 Å². The fourth-order valence-corrected chi connectivity index (χ4v) is 1.84. The molecule has 1 aromatic carbocycles. The van der Waals surface area contributed by atoms with Gasteiger partial charge >= 0.3 is 0 Å². The fraction of sp³-hybridized carbons (Fsp3) is 0.571. The van der Waals surface area contributed by atoms with Crippen molar-refractivity contribution in [2.45, 2.75) is 46.1 Å². The third-order valence-electron chi connectivity index (χ3n) is 2.73. The summed E-state index contributed by atoms with van der Waals surface area (Å²) in [5.74, 6) is 0.338. The summed E-state index contributed by atoms with van der Waals surface area (Å²) in [7, 11) is 0. The van der Waals surface area contributed by atoms with Gasteiger partial charge in [-0.3, -0.25) is 0 Å². The lowest BCUT2D eigenvalue weighted by atomic mass is 10.1. The van der Waals surface area contributed by atoms with Crippen LogP contribution in [-0.2, 0) is 0 Å². The van der Waals surface area contributed by atoms with Gasteiger partial charge in [0.2, 0.25) is 0 Å². The maximum absolute atomic E-state index is 13.1. The molecule has 96 valence electrons. The van der Waals surface area contributed by atoms with Gasteiger partial charge in [0.15, 0.2) is 0 Å². The summed E-state index contributed by atoms with van der Waals surface area (Å²) in [6.45, 7) is 6.76. The molecular formula is C14H22FNO. The number of hydrogen-bond donors (Lipinski definition) is 1. The highest BCUT2D eigenvalue weighted by atomic mass is 19.1. The molecule has 0 heterocycles. The lowest BCUT2D eigenvalue weighted by Crippen LogP contribution is -2.18. The van der Waals surface area contributed by atoms with E-state index in [1.807, 2.05) is 6.92 Å². The molecule has 1 rings (SSSR count). The molecule has 0 aliphatic heterocycles. The van der Waals surface area contributed by atoms with Crippen LogP contribution in [0, 0.1) is 5.82 Å². The molecule has 0 amide bonds. The average Bonchev–Trinajstić information content (AvgIpc) is 2.32. The fourth-order valence-electron chi connectivity index (χ4n) is 1.84. The number of anilines is 1. The molecule has 3 heteroatoms.